The van der Waals surface area contributed by atoms with Crippen LogP contribution in [0.5, 0.6) is 0 Å². The predicted molar refractivity (Wildman–Crippen MR) is 60.1 cm³/mol. The van der Waals surface area contributed by atoms with Crippen LogP contribution in [0.25, 0.3) is 0 Å². The van der Waals surface area contributed by atoms with Crippen LogP contribution in [0, 0.1) is 0 Å². The Balaban J connectivity index is 2.18. The zero-order valence-electron chi connectivity index (χ0n) is 9.24. The van der Waals surface area contributed by atoms with Crippen molar-refractivity contribution in [2.24, 2.45) is 0 Å². The summed E-state index contributed by atoms with van der Waals surface area (Å²) in [4.78, 5) is 15.4. The van der Waals surface area contributed by atoms with Crippen molar-refractivity contribution in [3.63, 3.8) is 0 Å². The largest absolute Gasteiger partial charge is 0.444 e. The number of rotatable bonds is 3. The van der Waals surface area contributed by atoms with Gasteiger partial charge in [-0.05, 0) is 20.8 Å². The lowest BCUT2D eigenvalue weighted by Gasteiger charge is -2.19. The normalized spacial score (nSPS) is 11.1. The number of aromatic nitrogens is 1. The SMILES string of the molecule is CC(C)(C)OC(=O)NCCc1cscn1. The Hall–Kier alpha value is -1.10. The Morgan fingerprint density at radius 1 is 1.60 bits per heavy atom. The minimum atomic E-state index is -0.440. The molecule has 1 N–H and O–H groups in total. The molecule has 0 aliphatic rings. The fourth-order valence-electron chi connectivity index (χ4n) is 0.968. The maximum atomic E-state index is 11.2. The smallest absolute Gasteiger partial charge is 0.407 e. The van der Waals surface area contributed by atoms with Crippen molar-refractivity contribution in [2.45, 2.75) is 32.8 Å². The minimum absolute atomic E-state index is 0.377. The van der Waals surface area contributed by atoms with Crippen LogP contribution in [0.2, 0.25) is 0 Å². The second-order valence-corrected chi connectivity index (χ2v) is 4.88. The molecular weight excluding hydrogens is 212 g/mol. The van der Waals surface area contributed by atoms with E-state index < -0.39 is 5.60 Å². The van der Waals surface area contributed by atoms with E-state index in [4.69, 9.17) is 4.74 Å². The van der Waals surface area contributed by atoms with Crippen LogP contribution in [0.3, 0.4) is 0 Å². The summed E-state index contributed by atoms with van der Waals surface area (Å²) in [5.41, 5.74) is 2.34. The third-order valence-electron chi connectivity index (χ3n) is 1.53. The molecule has 1 rings (SSSR count). The maximum absolute atomic E-state index is 11.2. The molecule has 0 bridgehead atoms. The molecule has 1 aromatic rings. The molecule has 1 amide bonds. The number of amides is 1. The van der Waals surface area contributed by atoms with Crippen LogP contribution >= 0.6 is 11.3 Å². The third kappa shape index (κ3) is 5.37. The van der Waals surface area contributed by atoms with Gasteiger partial charge < -0.3 is 10.1 Å². The monoisotopic (exact) mass is 228 g/mol. The van der Waals surface area contributed by atoms with Gasteiger partial charge in [0.15, 0.2) is 0 Å². The summed E-state index contributed by atoms with van der Waals surface area (Å²) in [7, 11) is 0. The first-order valence-electron chi connectivity index (χ1n) is 4.81. The molecule has 0 spiro atoms. The number of nitrogens with zero attached hydrogens (tertiary/aromatic N) is 1. The summed E-state index contributed by atoms with van der Waals surface area (Å²) in [5.74, 6) is 0. The highest BCUT2D eigenvalue weighted by atomic mass is 32.1. The quantitative estimate of drug-likeness (QED) is 0.863. The van der Waals surface area contributed by atoms with Gasteiger partial charge in [0, 0.05) is 18.3 Å². The molecule has 0 radical (unpaired) electrons. The van der Waals surface area contributed by atoms with Crippen LogP contribution < -0.4 is 5.32 Å². The Morgan fingerprint density at radius 2 is 2.33 bits per heavy atom. The standard InChI is InChI=1S/C10H16N2O2S/c1-10(2,3)14-9(13)11-5-4-8-6-15-7-12-8/h6-7H,4-5H2,1-3H3,(H,11,13). The van der Waals surface area contributed by atoms with Gasteiger partial charge in [0.05, 0.1) is 11.2 Å². The van der Waals surface area contributed by atoms with Gasteiger partial charge in [0.25, 0.3) is 0 Å². The molecule has 0 aliphatic carbocycles. The number of ether oxygens (including phenoxy) is 1. The number of thiazole rings is 1. The van der Waals surface area contributed by atoms with Gasteiger partial charge in [0.1, 0.15) is 5.60 Å². The first kappa shape index (κ1) is 12.0. The van der Waals surface area contributed by atoms with Crippen molar-refractivity contribution in [2.75, 3.05) is 6.54 Å². The zero-order valence-corrected chi connectivity index (χ0v) is 10.1. The van der Waals surface area contributed by atoms with E-state index in [2.05, 4.69) is 10.3 Å². The molecule has 5 heteroatoms. The topological polar surface area (TPSA) is 51.2 Å². The highest BCUT2D eigenvalue weighted by Crippen LogP contribution is 2.06. The summed E-state index contributed by atoms with van der Waals surface area (Å²) in [6.45, 7) is 6.08. The first-order chi connectivity index (χ1) is 6.97. The van der Waals surface area contributed by atoms with E-state index in [1.54, 1.807) is 16.8 Å². The lowest BCUT2D eigenvalue weighted by molar-refractivity contribution is 0.0528. The van der Waals surface area contributed by atoms with Crippen molar-refractivity contribution in [1.29, 1.82) is 0 Å². The minimum Gasteiger partial charge on any atom is -0.444 e. The van der Waals surface area contributed by atoms with Crippen LogP contribution in [-0.2, 0) is 11.2 Å². The van der Waals surface area contributed by atoms with E-state index in [1.807, 2.05) is 26.2 Å². The molecule has 0 aliphatic heterocycles. The fourth-order valence-corrected chi connectivity index (χ4v) is 1.56. The second kappa shape index (κ2) is 5.11. The highest BCUT2D eigenvalue weighted by molar-refractivity contribution is 7.07. The molecule has 15 heavy (non-hydrogen) atoms. The predicted octanol–water partition coefficient (Wildman–Crippen LogP) is 2.21. The van der Waals surface area contributed by atoms with E-state index in [0.717, 1.165) is 12.1 Å². The Bertz CT molecular complexity index is 304. The molecule has 0 atom stereocenters. The lowest BCUT2D eigenvalue weighted by Crippen LogP contribution is -2.33. The van der Waals surface area contributed by atoms with Crippen LogP contribution in [0.1, 0.15) is 26.5 Å². The van der Waals surface area contributed by atoms with Gasteiger partial charge in [-0.3, -0.25) is 0 Å². The molecule has 0 fully saturated rings. The van der Waals surface area contributed by atoms with E-state index >= 15 is 0 Å². The van der Waals surface area contributed by atoms with Crippen molar-refractivity contribution >= 4 is 17.4 Å². The molecule has 1 heterocycles. The average molecular weight is 228 g/mol. The van der Waals surface area contributed by atoms with E-state index in [0.29, 0.717) is 6.54 Å². The van der Waals surface area contributed by atoms with Crippen LogP contribution in [-0.4, -0.2) is 23.2 Å². The van der Waals surface area contributed by atoms with Crippen molar-refractivity contribution in [1.82, 2.24) is 10.3 Å². The van der Waals surface area contributed by atoms with Crippen molar-refractivity contribution in [3.05, 3.63) is 16.6 Å². The van der Waals surface area contributed by atoms with Gasteiger partial charge in [-0.1, -0.05) is 0 Å². The van der Waals surface area contributed by atoms with Crippen molar-refractivity contribution < 1.29 is 9.53 Å². The number of alkyl carbamates (subject to hydrolysis) is 1. The average Bonchev–Trinajstić information content (AvgIpc) is 2.53. The van der Waals surface area contributed by atoms with Gasteiger partial charge in [-0.2, -0.15) is 0 Å². The molecule has 84 valence electrons. The van der Waals surface area contributed by atoms with Gasteiger partial charge in [-0.15, -0.1) is 11.3 Å². The summed E-state index contributed by atoms with van der Waals surface area (Å²) >= 11 is 1.55. The summed E-state index contributed by atoms with van der Waals surface area (Å²) in [5, 5.41) is 4.65. The maximum Gasteiger partial charge on any atom is 0.407 e. The number of hydrogen-bond donors (Lipinski definition) is 1. The molecule has 0 saturated carbocycles. The van der Waals surface area contributed by atoms with Crippen molar-refractivity contribution in [3.8, 4) is 0 Å². The first-order valence-corrected chi connectivity index (χ1v) is 5.75. The molecular formula is C10H16N2O2S. The number of carbonyl (C=O) groups is 1. The molecule has 1 aromatic heterocycles. The highest BCUT2D eigenvalue weighted by Gasteiger charge is 2.15. The fraction of sp³-hybridized carbons (Fsp3) is 0.600. The summed E-state index contributed by atoms with van der Waals surface area (Å²) in [6, 6.07) is 0. The van der Waals surface area contributed by atoms with Crippen LogP contribution in [0.4, 0.5) is 4.79 Å². The third-order valence-corrected chi connectivity index (χ3v) is 2.17. The van der Waals surface area contributed by atoms with E-state index in [1.165, 1.54) is 0 Å². The molecule has 0 aromatic carbocycles. The molecule has 0 saturated heterocycles. The number of carbonyl (C=O) groups excluding carboxylic acids is 1. The molecule has 0 unspecified atom stereocenters. The van der Waals surface area contributed by atoms with E-state index in [9.17, 15) is 4.79 Å². The van der Waals surface area contributed by atoms with Gasteiger partial charge in [0.2, 0.25) is 0 Å². The summed E-state index contributed by atoms with van der Waals surface area (Å²) < 4.78 is 5.09. The van der Waals surface area contributed by atoms with Gasteiger partial charge in [-0.25, -0.2) is 9.78 Å². The molecule has 4 nitrogen and oxygen atoms in total. The Labute approximate surface area is 93.7 Å². The second-order valence-electron chi connectivity index (χ2n) is 4.16. The van der Waals surface area contributed by atoms with E-state index in [-0.39, 0.29) is 6.09 Å². The number of hydrogen-bond acceptors (Lipinski definition) is 4. The summed E-state index contributed by atoms with van der Waals surface area (Å²) in [6.07, 6.45) is 0.362. The number of nitrogens with one attached hydrogen (secondary N) is 1. The Kier molecular flexibility index (Phi) is 4.08. The Morgan fingerprint density at radius 3 is 2.87 bits per heavy atom. The lowest BCUT2D eigenvalue weighted by atomic mass is 10.2. The van der Waals surface area contributed by atoms with Crippen LogP contribution in [0.15, 0.2) is 10.9 Å². The zero-order chi connectivity index (χ0) is 11.3. The van der Waals surface area contributed by atoms with Gasteiger partial charge >= 0.3 is 6.09 Å².